The summed E-state index contributed by atoms with van der Waals surface area (Å²) < 4.78 is 0. The van der Waals surface area contributed by atoms with Crippen LogP contribution < -0.4 is 0 Å². The van der Waals surface area contributed by atoms with Gasteiger partial charge in [0.05, 0.1) is 5.60 Å². The van der Waals surface area contributed by atoms with Crippen LogP contribution in [0.5, 0.6) is 0 Å². The van der Waals surface area contributed by atoms with Gasteiger partial charge in [-0.3, -0.25) is 0 Å². The van der Waals surface area contributed by atoms with Crippen LogP contribution in [0, 0.1) is 5.92 Å². The monoisotopic (exact) mass is 246 g/mol. The van der Waals surface area contributed by atoms with Crippen molar-refractivity contribution < 1.29 is 5.11 Å². The van der Waals surface area contributed by atoms with Gasteiger partial charge in [-0.2, -0.15) is 0 Å². The predicted molar refractivity (Wildman–Crippen MR) is 76.7 cm³/mol. The minimum atomic E-state index is -0.531. The highest BCUT2D eigenvalue weighted by atomic mass is 16.3. The first-order valence-corrected chi connectivity index (χ1v) is 7.48. The highest BCUT2D eigenvalue weighted by Gasteiger charge is 2.40. The Labute approximate surface area is 111 Å². The molecule has 1 aliphatic rings. The van der Waals surface area contributed by atoms with E-state index in [9.17, 15) is 5.11 Å². The average Bonchev–Trinajstić information content (AvgIpc) is 2.93. The molecule has 1 atom stereocenters. The van der Waals surface area contributed by atoms with E-state index < -0.39 is 5.60 Å². The standard InChI is InChI=1S/C17H26O/c1-3-17(18,4-2)16(15-12-8-9-13-15)14-10-6-5-7-11-14/h5-7,10-11,15-16,18H,3-4,8-9,12-13H2,1-2H3. The van der Waals surface area contributed by atoms with Crippen molar-refractivity contribution in [3.05, 3.63) is 35.9 Å². The van der Waals surface area contributed by atoms with Crippen LogP contribution in [0.2, 0.25) is 0 Å². The summed E-state index contributed by atoms with van der Waals surface area (Å²) in [6.45, 7) is 4.24. The Balaban J connectivity index is 2.33. The third-order valence-electron chi connectivity index (χ3n) is 4.83. The Hall–Kier alpha value is -0.820. The first kappa shape index (κ1) is 13.6. The summed E-state index contributed by atoms with van der Waals surface area (Å²) in [6.07, 6.45) is 6.91. The Bertz CT molecular complexity index is 347. The van der Waals surface area contributed by atoms with Gasteiger partial charge in [-0.25, -0.2) is 0 Å². The van der Waals surface area contributed by atoms with Crippen molar-refractivity contribution in [2.75, 3.05) is 0 Å². The molecule has 1 nitrogen and oxygen atoms in total. The summed E-state index contributed by atoms with van der Waals surface area (Å²) in [6, 6.07) is 10.6. The molecular weight excluding hydrogens is 220 g/mol. The molecule has 1 aromatic rings. The second kappa shape index (κ2) is 5.88. The lowest BCUT2D eigenvalue weighted by molar-refractivity contribution is -0.0144. The maximum Gasteiger partial charge on any atom is 0.0713 e. The first-order valence-electron chi connectivity index (χ1n) is 7.48. The van der Waals surface area contributed by atoms with Gasteiger partial charge in [0.2, 0.25) is 0 Å². The van der Waals surface area contributed by atoms with Crippen molar-refractivity contribution in [1.29, 1.82) is 0 Å². The van der Waals surface area contributed by atoms with Crippen LogP contribution in [0.4, 0.5) is 0 Å². The van der Waals surface area contributed by atoms with Gasteiger partial charge in [0, 0.05) is 5.92 Å². The van der Waals surface area contributed by atoms with Gasteiger partial charge in [0.1, 0.15) is 0 Å². The molecule has 1 heteroatoms. The Morgan fingerprint density at radius 3 is 2.17 bits per heavy atom. The van der Waals surface area contributed by atoms with Gasteiger partial charge in [0.15, 0.2) is 0 Å². The molecule has 100 valence electrons. The maximum atomic E-state index is 11.0. The molecule has 1 saturated carbocycles. The number of hydrogen-bond acceptors (Lipinski definition) is 1. The lowest BCUT2D eigenvalue weighted by atomic mass is 9.70. The number of rotatable bonds is 5. The van der Waals surface area contributed by atoms with Crippen molar-refractivity contribution in [2.24, 2.45) is 5.92 Å². The molecule has 0 radical (unpaired) electrons. The molecule has 0 aliphatic heterocycles. The fraction of sp³-hybridized carbons (Fsp3) is 0.647. The molecule has 2 rings (SSSR count). The van der Waals surface area contributed by atoms with Crippen LogP contribution in [0.3, 0.4) is 0 Å². The van der Waals surface area contributed by atoms with E-state index in [0.29, 0.717) is 11.8 Å². The molecule has 0 aromatic heterocycles. The van der Waals surface area contributed by atoms with Crippen molar-refractivity contribution >= 4 is 0 Å². The largest absolute Gasteiger partial charge is 0.389 e. The zero-order valence-electron chi connectivity index (χ0n) is 11.7. The Morgan fingerprint density at radius 2 is 1.67 bits per heavy atom. The second-order valence-corrected chi connectivity index (χ2v) is 5.74. The lowest BCUT2D eigenvalue weighted by Gasteiger charge is -2.39. The normalized spacial score (nSPS) is 19.1. The van der Waals surface area contributed by atoms with Gasteiger partial charge < -0.3 is 5.11 Å². The van der Waals surface area contributed by atoms with E-state index in [1.807, 2.05) is 0 Å². The Morgan fingerprint density at radius 1 is 1.11 bits per heavy atom. The molecule has 0 spiro atoms. The quantitative estimate of drug-likeness (QED) is 0.810. The van der Waals surface area contributed by atoms with Crippen LogP contribution >= 0.6 is 0 Å². The number of benzene rings is 1. The molecule has 0 saturated heterocycles. The molecule has 1 N–H and O–H groups in total. The fourth-order valence-electron chi connectivity index (χ4n) is 3.66. The van der Waals surface area contributed by atoms with Crippen molar-refractivity contribution in [2.45, 2.75) is 63.9 Å². The number of aliphatic hydroxyl groups is 1. The summed E-state index contributed by atoms with van der Waals surface area (Å²) in [4.78, 5) is 0. The molecule has 0 heterocycles. The van der Waals surface area contributed by atoms with Gasteiger partial charge in [0.25, 0.3) is 0 Å². The van der Waals surface area contributed by atoms with E-state index in [0.717, 1.165) is 12.8 Å². The predicted octanol–water partition coefficient (Wildman–Crippen LogP) is 4.51. The minimum Gasteiger partial charge on any atom is -0.389 e. The molecule has 1 fully saturated rings. The molecule has 0 bridgehead atoms. The third-order valence-corrected chi connectivity index (χ3v) is 4.83. The summed E-state index contributed by atoms with van der Waals surface area (Å²) in [5, 5.41) is 11.0. The molecule has 1 aromatic carbocycles. The third kappa shape index (κ3) is 2.61. The molecule has 0 amide bonds. The van der Waals surface area contributed by atoms with Crippen molar-refractivity contribution in [1.82, 2.24) is 0 Å². The molecule has 18 heavy (non-hydrogen) atoms. The zero-order chi connectivity index (χ0) is 13.0. The maximum absolute atomic E-state index is 11.0. The van der Waals surface area contributed by atoms with Gasteiger partial charge in [-0.05, 0) is 37.2 Å². The summed E-state index contributed by atoms with van der Waals surface area (Å²) in [5.41, 5.74) is 0.798. The highest BCUT2D eigenvalue weighted by molar-refractivity contribution is 5.24. The van der Waals surface area contributed by atoms with Gasteiger partial charge >= 0.3 is 0 Å². The molecule has 1 unspecified atom stereocenters. The minimum absolute atomic E-state index is 0.316. The smallest absolute Gasteiger partial charge is 0.0713 e. The first-order chi connectivity index (χ1) is 8.71. The van der Waals surface area contributed by atoms with E-state index in [2.05, 4.69) is 44.2 Å². The topological polar surface area (TPSA) is 20.2 Å². The van der Waals surface area contributed by atoms with E-state index in [-0.39, 0.29) is 0 Å². The molecule has 1 aliphatic carbocycles. The van der Waals surface area contributed by atoms with E-state index in [1.54, 1.807) is 0 Å². The Kier molecular flexibility index (Phi) is 4.45. The van der Waals surface area contributed by atoms with Crippen LogP contribution in [0.15, 0.2) is 30.3 Å². The summed E-state index contributed by atoms with van der Waals surface area (Å²) in [5.74, 6) is 0.980. The fourth-order valence-corrected chi connectivity index (χ4v) is 3.66. The summed E-state index contributed by atoms with van der Waals surface area (Å²) >= 11 is 0. The molecular formula is C17H26O. The van der Waals surface area contributed by atoms with Crippen molar-refractivity contribution in [3.8, 4) is 0 Å². The van der Waals surface area contributed by atoms with Crippen LogP contribution in [0.1, 0.15) is 63.9 Å². The second-order valence-electron chi connectivity index (χ2n) is 5.74. The average molecular weight is 246 g/mol. The van der Waals surface area contributed by atoms with Gasteiger partial charge in [-0.1, -0.05) is 57.0 Å². The highest BCUT2D eigenvalue weighted by Crippen LogP contribution is 2.45. The van der Waals surface area contributed by atoms with Crippen LogP contribution in [-0.2, 0) is 0 Å². The van der Waals surface area contributed by atoms with Crippen LogP contribution in [-0.4, -0.2) is 10.7 Å². The number of hydrogen-bond donors (Lipinski definition) is 1. The van der Waals surface area contributed by atoms with E-state index >= 15 is 0 Å². The van der Waals surface area contributed by atoms with E-state index in [1.165, 1.54) is 31.2 Å². The SMILES string of the molecule is CCC(O)(CC)C(c1ccccc1)C1CCCC1. The van der Waals surface area contributed by atoms with Gasteiger partial charge in [-0.15, -0.1) is 0 Å². The summed E-state index contributed by atoms with van der Waals surface area (Å²) in [7, 11) is 0. The van der Waals surface area contributed by atoms with Crippen LogP contribution in [0.25, 0.3) is 0 Å². The van der Waals surface area contributed by atoms with E-state index in [4.69, 9.17) is 0 Å². The van der Waals surface area contributed by atoms with Crippen molar-refractivity contribution in [3.63, 3.8) is 0 Å². The zero-order valence-corrected chi connectivity index (χ0v) is 11.7. The lowest BCUT2D eigenvalue weighted by Crippen LogP contribution is -2.38.